The summed E-state index contributed by atoms with van der Waals surface area (Å²) in [5.41, 5.74) is 1.88. The predicted molar refractivity (Wildman–Crippen MR) is 107 cm³/mol. The van der Waals surface area contributed by atoms with Crippen LogP contribution in [-0.4, -0.2) is 63.0 Å². The number of nitrogens with one attached hydrogen (secondary N) is 3. The molecule has 4 rings (SSSR count). The van der Waals surface area contributed by atoms with Gasteiger partial charge >= 0.3 is 0 Å². The minimum atomic E-state index is -0.335. The third kappa shape index (κ3) is 3.67. The number of fused-ring (bicyclic) bond motifs is 1. The molecule has 144 valence electrons. The Labute approximate surface area is 161 Å². The van der Waals surface area contributed by atoms with E-state index in [-0.39, 0.29) is 24.1 Å². The van der Waals surface area contributed by atoms with Crippen LogP contribution in [0.5, 0.6) is 0 Å². The van der Waals surface area contributed by atoms with Crippen LogP contribution in [-0.2, 0) is 4.79 Å². The molecule has 1 unspecified atom stereocenters. The molecule has 1 fully saturated rings. The number of β-amino-alcohol motifs (C(OH)–C–C–N with tert-alkyl or cyclic N) is 1. The lowest BCUT2D eigenvalue weighted by atomic mass is 10.1. The van der Waals surface area contributed by atoms with E-state index in [4.69, 9.17) is 0 Å². The van der Waals surface area contributed by atoms with E-state index in [0.29, 0.717) is 17.9 Å². The number of hydrogen-bond acceptors (Lipinski definition) is 7. The standard InChI is InChI=1S/C18H24N6O2S/c1-10-6-20-16-15(10)17(22-9-21-16)24-3-4-27-14(8-24)18(26)23-11(2)13-5-12(25)7-19-13/h6,8-9,11-13,19,25H,3-5,7H2,1-2H3,(H,23,26)(H,20,21,22)/t11?,12-,13+/m0/s1. The topological polar surface area (TPSA) is 106 Å². The third-order valence-electron chi connectivity index (χ3n) is 5.11. The van der Waals surface area contributed by atoms with Crippen molar-refractivity contribution in [3.8, 4) is 0 Å². The Morgan fingerprint density at radius 1 is 1.48 bits per heavy atom. The van der Waals surface area contributed by atoms with Crippen molar-refractivity contribution in [3.63, 3.8) is 0 Å². The van der Waals surface area contributed by atoms with Crippen LogP contribution in [0.25, 0.3) is 11.0 Å². The quantitative estimate of drug-likeness (QED) is 0.616. The van der Waals surface area contributed by atoms with Gasteiger partial charge in [0.05, 0.1) is 16.4 Å². The Kier molecular flexibility index (Phi) is 5.07. The van der Waals surface area contributed by atoms with E-state index >= 15 is 0 Å². The zero-order chi connectivity index (χ0) is 19.0. The van der Waals surface area contributed by atoms with Gasteiger partial charge in [-0.3, -0.25) is 4.79 Å². The van der Waals surface area contributed by atoms with Gasteiger partial charge in [-0.05, 0) is 25.8 Å². The fourth-order valence-corrected chi connectivity index (χ4v) is 4.51. The first-order valence-corrected chi connectivity index (χ1v) is 10.1. The Morgan fingerprint density at radius 3 is 3.11 bits per heavy atom. The van der Waals surface area contributed by atoms with Crippen molar-refractivity contribution < 1.29 is 9.90 Å². The zero-order valence-corrected chi connectivity index (χ0v) is 16.2. The predicted octanol–water partition coefficient (Wildman–Crippen LogP) is 0.888. The molecule has 9 heteroatoms. The number of carbonyl (C=O) groups excluding carboxylic acids is 1. The molecular formula is C18H24N6O2S. The molecule has 0 saturated carbocycles. The smallest absolute Gasteiger partial charge is 0.259 e. The lowest BCUT2D eigenvalue weighted by Crippen LogP contribution is -2.46. The number of aryl methyl sites for hydroxylation is 1. The van der Waals surface area contributed by atoms with Gasteiger partial charge in [-0.15, -0.1) is 11.8 Å². The maximum atomic E-state index is 12.7. The van der Waals surface area contributed by atoms with E-state index < -0.39 is 0 Å². The number of anilines is 1. The molecular weight excluding hydrogens is 364 g/mol. The maximum Gasteiger partial charge on any atom is 0.259 e. The number of rotatable bonds is 4. The molecule has 2 aliphatic rings. The van der Waals surface area contributed by atoms with E-state index in [9.17, 15) is 9.90 Å². The fraction of sp³-hybridized carbons (Fsp3) is 0.500. The molecule has 4 N–H and O–H groups in total. The monoisotopic (exact) mass is 388 g/mol. The van der Waals surface area contributed by atoms with E-state index in [1.54, 1.807) is 18.1 Å². The van der Waals surface area contributed by atoms with Crippen molar-refractivity contribution in [1.82, 2.24) is 25.6 Å². The number of aliphatic hydroxyl groups excluding tert-OH is 1. The normalized spacial score (nSPS) is 24.1. The number of thioether (sulfide) groups is 1. The molecule has 2 aromatic heterocycles. The molecule has 0 aliphatic carbocycles. The molecule has 4 heterocycles. The van der Waals surface area contributed by atoms with Crippen LogP contribution < -0.4 is 15.5 Å². The molecule has 1 saturated heterocycles. The summed E-state index contributed by atoms with van der Waals surface area (Å²) in [6.45, 7) is 5.35. The number of nitrogens with zero attached hydrogens (tertiary/aromatic N) is 3. The van der Waals surface area contributed by atoms with Crippen LogP contribution in [0.15, 0.2) is 23.6 Å². The van der Waals surface area contributed by atoms with Gasteiger partial charge in [0.25, 0.3) is 5.91 Å². The SMILES string of the molecule is Cc1c[nH]c2ncnc(N3C=C(C(=O)NC(C)[C@H]4C[C@H](O)CN4)SCC3)c12. The van der Waals surface area contributed by atoms with Crippen molar-refractivity contribution >= 4 is 34.5 Å². The first kappa shape index (κ1) is 18.3. The van der Waals surface area contributed by atoms with E-state index in [1.807, 2.05) is 31.1 Å². The van der Waals surface area contributed by atoms with Gasteiger partial charge in [0.15, 0.2) is 0 Å². The van der Waals surface area contributed by atoms with E-state index in [0.717, 1.165) is 34.7 Å². The molecule has 27 heavy (non-hydrogen) atoms. The Hall–Kier alpha value is -2.10. The van der Waals surface area contributed by atoms with E-state index in [2.05, 4.69) is 25.6 Å². The number of aromatic amines is 1. The van der Waals surface area contributed by atoms with Gasteiger partial charge < -0.3 is 25.6 Å². The van der Waals surface area contributed by atoms with Crippen molar-refractivity contribution in [3.05, 3.63) is 29.2 Å². The lowest BCUT2D eigenvalue weighted by molar-refractivity contribution is -0.117. The average molecular weight is 388 g/mol. The van der Waals surface area contributed by atoms with Crippen LogP contribution in [0.4, 0.5) is 5.82 Å². The van der Waals surface area contributed by atoms with Crippen LogP contribution in [0.1, 0.15) is 18.9 Å². The zero-order valence-electron chi connectivity index (χ0n) is 15.4. The van der Waals surface area contributed by atoms with E-state index in [1.165, 1.54) is 0 Å². The Bertz CT molecular complexity index is 882. The van der Waals surface area contributed by atoms with Gasteiger partial charge in [-0.2, -0.15) is 0 Å². The van der Waals surface area contributed by atoms with Crippen molar-refractivity contribution in [2.75, 3.05) is 23.7 Å². The number of carbonyl (C=O) groups is 1. The number of aromatic nitrogens is 3. The molecule has 0 radical (unpaired) electrons. The summed E-state index contributed by atoms with van der Waals surface area (Å²) >= 11 is 1.55. The van der Waals surface area contributed by atoms with Gasteiger partial charge in [-0.25, -0.2) is 9.97 Å². The van der Waals surface area contributed by atoms with Crippen LogP contribution in [0.2, 0.25) is 0 Å². The number of amides is 1. The number of aliphatic hydroxyl groups is 1. The van der Waals surface area contributed by atoms with Gasteiger partial charge in [-0.1, -0.05) is 0 Å². The Morgan fingerprint density at radius 2 is 2.33 bits per heavy atom. The van der Waals surface area contributed by atoms with Crippen molar-refractivity contribution in [1.29, 1.82) is 0 Å². The minimum absolute atomic E-state index is 0.0517. The maximum absolute atomic E-state index is 12.7. The highest BCUT2D eigenvalue weighted by molar-refractivity contribution is 8.04. The largest absolute Gasteiger partial charge is 0.392 e. The molecule has 3 atom stereocenters. The van der Waals surface area contributed by atoms with Crippen LogP contribution >= 0.6 is 11.8 Å². The summed E-state index contributed by atoms with van der Waals surface area (Å²) in [6.07, 6.45) is 5.66. The highest BCUT2D eigenvalue weighted by Crippen LogP contribution is 2.30. The second kappa shape index (κ2) is 7.49. The summed E-state index contributed by atoms with van der Waals surface area (Å²) in [5.74, 6) is 1.54. The molecule has 0 aromatic carbocycles. The lowest BCUT2D eigenvalue weighted by Gasteiger charge is -2.27. The summed E-state index contributed by atoms with van der Waals surface area (Å²) in [7, 11) is 0. The summed E-state index contributed by atoms with van der Waals surface area (Å²) in [4.78, 5) is 27.3. The molecule has 1 amide bonds. The van der Waals surface area contributed by atoms with Crippen molar-refractivity contribution in [2.45, 2.75) is 38.5 Å². The fourth-order valence-electron chi connectivity index (χ4n) is 3.61. The van der Waals surface area contributed by atoms with Gasteiger partial charge in [0.2, 0.25) is 0 Å². The van der Waals surface area contributed by atoms with Gasteiger partial charge in [0, 0.05) is 43.3 Å². The summed E-state index contributed by atoms with van der Waals surface area (Å²) < 4.78 is 0. The van der Waals surface area contributed by atoms with Crippen molar-refractivity contribution in [2.24, 2.45) is 0 Å². The first-order valence-electron chi connectivity index (χ1n) is 9.15. The summed E-state index contributed by atoms with van der Waals surface area (Å²) in [6, 6.07) is 0.0439. The average Bonchev–Trinajstić information content (AvgIpc) is 3.28. The molecule has 2 aromatic rings. The second-order valence-electron chi connectivity index (χ2n) is 7.09. The molecule has 0 bridgehead atoms. The molecule has 2 aliphatic heterocycles. The minimum Gasteiger partial charge on any atom is -0.392 e. The highest BCUT2D eigenvalue weighted by Gasteiger charge is 2.29. The summed E-state index contributed by atoms with van der Waals surface area (Å²) in [5, 5.41) is 17.0. The number of H-pyrrole nitrogens is 1. The second-order valence-corrected chi connectivity index (χ2v) is 8.23. The number of hydrogen-bond donors (Lipinski definition) is 4. The van der Waals surface area contributed by atoms with Crippen LogP contribution in [0.3, 0.4) is 0 Å². The molecule has 8 nitrogen and oxygen atoms in total. The van der Waals surface area contributed by atoms with Crippen LogP contribution in [0, 0.1) is 6.92 Å². The third-order valence-corrected chi connectivity index (χ3v) is 6.10. The first-order chi connectivity index (χ1) is 13.0. The van der Waals surface area contributed by atoms with Gasteiger partial charge in [0.1, 0.15) is 17.8 Å². The Balaban J connectivity index is 1.52. The highest BCUT2D eigenvalue weighted by atomic mass is 32.2. The molecule has 0 spiro atoms.